The van der Waals surface area contributed by atoms with E-state index in [4.69, 9.17) is 22.1 Å². The third kappa shape index (κ3) is 6.76. The fourth-order valence-corrected chi connectivity index (χ4v) is 4.16. The molecule has 1 atom stereocenters. The molecule has 2 N–H and O–H groups in total. The summed E-state index contributed by atoms with van der Waals surface area (Å²) in [6.07, 6.45) is 4.83. The Bertz CT molecular complexity index is 939. The molecule has 1 heterocycles. The summed E-state index contributed by atoms with van der Waals surface area (Å²) in [6.45, 7) is 8.21. The number of nitrogen functional groups attached to an aromatic ring is 1. The van der Waals surface area contributed by atoms with Crippen LogP contribution >= 0.6 is 11.6 Å². The van der Waals surface area contributed by atoms with Gasteiger partial charge in [-0.3, -0.25) is 0 Å². The first-order valence-electron chi connectivity index (χ1n) is 11.0. The Balaban J connectivity index is 1.74. The van der Waals surface area contributed by atoms with Gasteiger partial charge in [0.1, 0.15) is 0 Å². The second kappa shape index (κ2) is 10.7. The quantitative estimate of drug-likeness (QED) is 0.509. The van der Waals surface area contributed by atoms with Gasteiger partial charge in [0.05, 0.1) is 17.3 Å². The van der Waals surface area contributed by atoms with Crippen LogP contribution < -0.4 is 5.73 Å². The van der Waals surface area contributed by atoms with Gasteiger partial charge in [-0.15, -0.1) is 0 Å². The fraction of sp³-hybridized carbons (Fsp3) is 0.423. The van der Waals surface area contributed by atoms with E-state index in [0.717, 1.165) is 37.9 Å². The molecular formula is C26H33ClN2O2. The van der Waals surface area contributed by atoms with Gasteiger partial charge in [0.15, 0.2) is 0 Å². The van der Waals surface area contributed by atoms with Gasteiger partial charge in [-0.1, -0.05) is 67.4 Å². The zero-order valence-electron chi connectivity index (χ0n) is 18.7. The minimum Gasteiger partial charge on any atom is -0.449 e. The normalized spacial score (nSPS) is 16.7. The third-order valence-corrected chi connectivity index (χ3v) is 6.04. The van der Waals surface area contributed by atoms with E-state index in [9.17, 15) is 4.79 Å². The van der Waals surface area contributed by atoms with Gasteiger partial charge in [0.25, 0.3) is 0 Å². The van der Waals surface area contributed by atoms with Crippen molar-refractivity contribution in [1.82, 2.24) is 4.90 Å². The van der Waals surface area contributed by atoms with Crippen molar-refractivity contribution in [2.45, 2.75) is 40.0 Å². The Morgan fingerprint density at radius 2 is 2.06 bits per heavy atom. The number of likely N-dealkylation sites (tertiary alicyclic amines) is 1. The van der Waals surface area contributed by atoms with Gasteiger partial charge in [-0.25, -0.2) is 4.79 Å². The van der Waals surface area contributed by atoms with Gasteiger partial charge < -0.3 is 15.4 Å². The van der Waals surface area contributed by atoms with Crippen LogP contribution in [-0.4, -0.2) is 30.7 Å². The summed E-state index contributed by atoms with van der Waals surface area (Å²) in [5, 5.41) is 0.573. The highest BCUT2D eigenvalue weighted by Crippen LogP contribution is 2.29. The lowest BCUT2D eigenvalue weighted by atomic mass is 9.91. The molecule has 1 amide bonds. The number of halogens is 1. The summed E-state index contributed by atoms with van der Waals surface area (Å²) in [5.41, 5.74) is 11.5. The van der Waals surface area contributed by atoms with Crippen molar-refractivity contribution in [3.8, 4) is 0 Å². The number of anilines is 1. The zero-order valence-corrected chi connectivity index (χ0v) is 19.5. The molecule has 1 fully saturated rings. The van der Waals surface area contributed by atoms with E-state index in [1.807, 2.05) is 36.9 Å². The summed E-state index contributed by atoms with van der Waals surface area (Å²) in [7, 11) is 0. The number of nitrogens with two attached hydrogens (primary N) is 1. The van der Waals surface area contributed by atoms with Crippen LogP contribution in [0.1, 0.15) is 43.4 Å². The molecule has 0 saturated carbocycles. The maximum Gasteiger partial charge on any atom is 0.409 e. The molecule has 0 aromatic heterocycles. The van der Waals surface area contributed by atoms with Crippen molar-refractivity contribution in [3.05, 3.63) is 69.8 Å². The van der Waals surface area contributed by atoms with Crippen LogP contribution in [0.25, 0.3) is 6.08 Å². The molecule has 5 heteroatoms. The molecule has 0 bridgehead atoms. The van der Waals surface area contributed by atoms with Crippen LogP contribution in [0.5, 0.6) is 0 Å². The molecular weight excluding hydrogens is 408 g/mol. The highest BCUT2D eigenvalue weighted by molar-refractivity contribution is 6.33. The lowest BCUT2D eigenvalue weighted by Gasteiger charge is -2.18. The van der Waals surface area contributed by atoms with Crippen molar-refractivity contribution < 1.29 is 9.53 Å². The first kappa shape index (κ1) is 23.2. The maximum absolute atomic E-state index is 12.3. The van der Waals surface area contributed by atoms with E-state index in [-0.39, 0.29) is 6.09 Å². The van der Waals surface area contributed by atoms with Gasteiger partial charge in [0.2, 0.25) is 0 Å². The smallest absolute Gasteiger partial charge is 0.409 e. The molecule has 1 aliphatic heterocycles. The Hall–Kier alpha value is -2.46. The highest BCUT2D eigenvalue weighted by Gasteiger charge is 2.28. The molecule has 1 saturated heterocycles. The molecule has 2 aromatic rings. The molecule has 2 aromatic carbocycles. The minimum absolute atomic E-state index is 0.189. The van der Waals surface area contributed by atoms with Crippen LogP contribution in [0.3, 0.4) is 0 Å². The molecule has 0 aliphatic carbocycles. The Kier molecular flexibility index (Phi) is 8.03. The standard InChI is InChI=1S/C26H33ClN2O2/c1-18(2)17-31-26(30)29-11-10-21(16-29)13-22(14-23-7-5-4-6-19(23)3)12-20-8-9-25(28)24(27)15-20/h4-9,12,15,18,21H,10-11,13-14,16-17,28H2,1-3H3. The van der Waals surface area contributed by atoms with E-state index >= 15 is 0 Å². The largest absolute Gasteiger partial charge is 0.449 e. The highest BCUT2D eigenvalue weighted by atomic mass is 35.5. The topological polar surface area (TPSA) is 55.6 Å². The molecule has 3 rings (SSSR count). The van der Waals surface area contributed by atoms with Crippen LogP contribution in [0.15, 0.2) is 48.0 Å². The minimum atomic E-state index is -0.189. The monoisotopic (exact) mass is 440 g/mol. The SMILES string of the molecule is Cc1ccccc1CC(=Cc1ccc(N)c(Cl)c1)CC1CCN(C(=O)OCC(C)C)C1. The summed E-state index contributed by atoms with van der Waals surface area (Å²) in [4.78, 5) is 14.2. The second-order valence-corrected chi connectivity index (χ2v) is 9.37. The molecule has 4 nitrogen and oxygen atoms in total. The molecule has 1 unspecified atom stereocenters. The number of carbonyl (C=O) groups is 1. The van der Waals surface area contributed by atoms with E-state index < -0.39 is 0 Å². The Morgan fingerprint density at radius 1 is 1.29 bits per heavy atom. The first-order valence-corrected chi connectivity index (χ1v) is 11.4. The van der Waals surface area contributed by atoms with Crippen molar-refractivity contribution in [2.24, 2.45) is 11.8 Å². The zero-order chi connectivity index (χ0) is 22.4. The van der Waals surface area contributed by atoms with E-state index in [2.05, 4.69) is 37.3 Å². The van der Waals surface area contributed by atoms with Crippen molar-refractivity contribution >= 4 is 29.5 Å². The Labute approximate surface area is 191 Å². The van der Waals surface area contributed by atoms with Crippen LogP contribution in [0.4, 0.5) is 10.5 Å². The number of rotatable bonds is 7. The maximum atomic E-state index is 12.3. The number of allylic oxidation sites excluding steroid dienone is 1. The van der Waals surface area contributed by atoms with Crippen LogP contribution in [0.2, 0.25) is 5.02 Å². The lowest BCUT2D eigenvalue weighted by molar-refractivity contribution is 0.0983. The van der Waals surface area contributed by atoms with Gasteiger partial charge in [0, 0.05) is 13.1 Å². The number of amides is 1. The van der Waals surface area contributed by atoms with Gasteiger partial charge >= 0.3 is 6.09 Å². The third-order valence-electron chi connectivity index (χ3n) is 5.71. The molecule has 0 spiro atoms. The second-order valence-electron chi connectivity index (χ2n) is 8.96. The average molecular weight is 441 g/mol. The number of aryl methyl sites for hydroxylation is 1. The number of nitrogens with zero attached hydrogens (tertiary/aromatic N) is 1. The van der Waals surface area contributed by atoms with Crippen LogP contribution in [0, 0.1) is 18.8 Å². The van der Waals surface area contributed by atoms with E-state index in [1.54, 1.807) is 0 Å². The molecule has 1 aliphatic rings. The van der Waals surface area contributed by atoms with Gasteiger partial charge in [-0.2, -0.15) is 0 Å². The summed E-state index contributed by atoms with van der Waals surface area (Å²) in [6, 6.07) is 14.3. The number of carbonyl (C=O) groups excluding carboxylic acids is 1. The van der Waals surface area contributed by atoms with E-state index in [1.165, 1.54) is 16.7 Å². The van der Waals surface area contributed by atoms with Crippen molar-refractivity contribution in [2.75, 3.05) is 25.4 Å². The first-order chi connectivity index (χ1) is 14.8. The summed E-state index contributed by atoms with van der Waals surface area (Å²) >= 11 is 6.25. The lowest BCUT2D eigenvalue weighted by Crippen LogP contribution is -2.30. The number of ether oxygens (including phenoxy) is 1. The number of hydrogen-bond acceptors (Lipinski definition) is 3. The van der Waals surface area contributed by atoms with E-state index in [0.29, 0.717) is 29.2 Å². The Morgan fingerprint density at radius 3 is 2.77 bits per heavy atom. The fourth-order valence-electron chi connectivity index (χ4n) is 3.97. The number of hydrogen-bond donors (Lipinski definition) is 1. The number of benzene rings is 2. The molecule has 31 heavy (non-hydrogen) atoms. The molecule has 0 radical (unpaired) electrons. The van der Waals surface area contributed by atoms with Crippen molar-refractivity contribution in [3.63, 3.8) is 0 Å². The van der Waals surface area contributed by atoms with Gasteiger partial charge in [-0.05, 0) is 66.8 Å². The average Bonchev–Trinajstić information content (AvgIpc) is 3.19. The van der Waals surface area contributed by atoms with Crippen LogP contribution in [-0.2, 0) is 11.2 Å². The predicted octanol–water partition coefficient (Wildman–Crippen LogP) is 6.36. The van der Waals surface area contributed by atoms with Crippen molar-refractivity contribution in [1.29, 1.82) is 0 Å². The molecule has 166 valence electrons. The predicted molar refractivity (Wildman–Crippen MR) is 129 cm³/mol. The summed E-state index contributed by atoms with van der Waals surface area (Å²) in [5.74, 6) is 0.767. The summed E-state index contributed by atoms with van der Waals surface area (Å²) < 4.78 is 5.42.